The van der Waals surface area contributed by atoms with Crippen molar-refractivity contribution in [1.82, 2.24) is 5.32 Å². The van der Waals surface area contributed by atoms with Gasteiger partial charge in [-0.15, -0.1) is 0 Å². The van der Waals surface area contributed by atoms with Crippen molar-refractivity contribution < 1.29 is 9.90 Å². The molecule has 1 aromatic carbocycles. The van der Waals surface area contributed by atoms with E-state index >= 15 is 0 Å². The molecule has 4 heteroatoms. The van der Waals surface area contributed by atoms with Crippen molar-refractivity contribution in [3.05, 3.63) is 29.8 Å². The number of benzene rings is 1. The Morgan fingerprint density at radius 2 is 1.75 bits per heavy atom. The van der Waals surface area contributed by atoms with E-state index < -0.39 is 5.60 Å². The first-order chi connectivity index (χ1) is 9.57. The number of carbonyl (C=O) groups is 1. The minimum atomic E-state index is -0.735. The standard InChI is InChI=1S/C16H24N2O2/c1-13-6-8-14(9-7-13)18-15(19)17-12-16(20)10-4-2-3-5-11-16/h6-9,20H,2-5,10-12H2,1H3,(H2,17,18,19). The lowest BCUT2D eigenvalue weighted by molar-refractivity contribution is 0.0281. The molecule has 1 fully saturated rings. The molecule has 0 aliphatic heterocycles. The van der Waals surface area contributed by atoms with Crippen LogP contribution in [0.25, 0.3) is 0 Å². The van der Waals surface area contributed by atoms with Crippen LogP contribution in [0.2, 0.25) is 0 Å². The highest BCUT2D eigenvalue weighted by Gasteiger charge is 2.28. The van der Waals surface area contributed by atoms with E-state index in [1.165, 1.54) is 12.8 Å². The molecule has 0 heterocycles. The highest BCUT2D eigenvalue weighted by Crippen LogP contribution is 2.26. The van der Waals surface area contributed by atoms with Crippen LogP contribution in [-0.2, 0) is 0 Å². The Labute approximate surface area is 120 Å². The third-order valence-corrected chi connectivity index (χ3v) is 3.92. The van der Waals surface area contributed by atoms with Gasteiger partial charge in [-0.05, 0) is 31.9 Å². The van der Waals surface area contributed by atoms with Crippen LogP contribution in [0.15, 0.2) is 24.3 Å². The number of nitrogens with one attached hydrogen (secondary N) is 2. The molecule has 4 nitrogen and oxygen atoms in total. The molecule has 110 valence electrons. The third-order valence-electron chi connectivity index (χ3n) is 3.92. The summed E-state index contributed by atoms with van der Waals surface area (Å²) in [6.07, 6.45) is 5.99. The monoisotopic (exact) mass is 276 g/mol. The normalized spacial score (nSPS) is 18.1. The highest BCUT2D eigenvalue weighted by molar-refractivity contribution is 5.89. The molecular weight excluding hydrogens is 252 g/mol. The van der Waals surface area contributed by atoms with Gasteiger partial charge >= 0.3 is 6.03 Å². The largest absolute Gasteiger partial charge is 0.388 e. The van der Waals surface area contributed by atoms with Crippen molar-refractivity contribution in [2.75, 3.05) is 11.9 Å². The Balaban J connectivity index is 1.80. The summed E-state index contributed by atoms with van der Waals surface area (Å²) in [6, 6.07) is 7.39. The predicted molar refractivity (Wildman–Crippen MR) is 80.9 cm³/mol. The number of aliphatic hydroxyl groups is 1. The summed E-state index contributed by atoms with van der Waals surface area (Å²) in [5, 5.41) is 16.0. The first-order valence-electron chi connectivity index (χ1n) is 7.41. The lowest BCUT2D eigenvalue weighted by Gasteiger charge is -2.26. The van der Waals surface area contributed by atoms with Crippen molar-refractivity contribution in [3.63, 3.8) is 0 Å². The van der Waals surface area contributed by atoms with Crippen LogP contribution in [0.1, 0.15) is 44.1 Å². The van der Waals surface area contributed by atoms with Gasteiger partial charge in [-0.1, -0.05) is 43.4 Å². The second-order valence-electron chi connectivity index (χ2n) is 5.81. The molecule has 2 rings (SSSR count). The zero-order chi connectivity index (χ0) is 14.4. The second-order valence-corrected chi connectivity index (χ2v) is 5.81. The van der Waals surface area contributed by atoms with Crippen LogP contribution in [0, 0.1) is 6.92 Å². The minimum absolute atomic E-state index is 0.258. The maximum Gasteiger partial charge on any atom is 0.319 e. The number of rotatable bonds is 3. The second kappa shape index (κ2) is 6.75. The quantitative estimate of drug-likeness (QED) is 0.742. The van der Waals surface area contributed by atoms with Gasteiger partial charge in [0.25, 0.3) is 0 Å². The number of amides is 2. The third kappa shape index (κ3) is 4.53. The summed E-state index contributed by atoms with van der Waals surface area (Å²) in [5.74, 6) is 0. The molecule has 1 aromatic rings. The van der Waals surface area contributed by atoms with Crippen LogP contribution in [0.4, 0.5) is 10.5 Å². The van der Waals surface area contributed by atoms with E-state index in [-0.39, 0.29) is 6.03 Å². The summed E-state index contributed by atoms with van der Waals surface area (Å²) < 4.78 is 0. The molecule has 1 saturated carbocycles. The predicted octanol–water partition coefficient (Wildman–Crippen LogP) is 3.20. The van der Waals surface area contributed by atoms with Crippen LogP contribution >= 0.6 is 0 Å². The molecule has 0 atom stereocenters. The number of anilines is 1. The van der Waals surface area contributed by atoms with Gasteiger partial charge in [0.15, 0.2) is 0 Å². The van der Waals surface area contributed by atoms with Crippen molar-refractivity contribution in [3.8, 4) is 0 Å². The molecule has 3 N–H and O–H groups in total. The average Bonchev–Trinajstić information content (AvgIpc) is 2.65. The fourth-order valence-corrected chi connectivity index (χ4v) is 2.62. The SMILES string of the molecule is Cc1ccc(NC(=O)NCC2(O)CCCCCC2)cc1. The topological polar surface area (TPSA) is 61.4 Å². The lowest BCUT2D eigenvalue weighted by atomic mass is 9.95. The van der Waals surface area contributed by atoms with Crippen LogP contribution < -0.4 is 10.6 Å². The molecule has 2 amide bonds. The fraction of sp³-hybridized carbons (Fsp3) is 0.562. The van der Waals surface area contributed by atoms with E-state index in [1.54, 1.807) is 0 Å². The van der Waals surface area contributed by atoms with Crippen LogP contribution in [0.3, 0.4) is 0 Å². The maximum atomic E-state index is 11.8. The summed E-state index contributed by atoms with van der Waals surface area (Å²) in [7, 11) is 0. The molecule has 0 unspecified atom stereocenters. The summed E-state index contributed by atoms with van der Waals surface area (Å²) in [4.78, 5) is 11.8. The number of aryl methyl sites for hydroxylation is 1. The van der Waals surface area contributed by atoms with Gasteiger partial charge in [0, 0.05) is 12.2 Å². The zero-order valence-corrected chi connectivity index (χ0v) is 12.1. The van der Waals surface area contributed by atoms with Gasteiger partial charge in [-0.3, -0.25) is 0 Å². The Morgan fingerprint density at radius 3 is 2.35 bits per heavy atom. The summed E-state index contributed by atoms with van der Waals surface area (Å²) >= 11 is 0. The zero-order valence-electron chi connectivity index (χ0n) is 12.1. The number of carbonyl (C=O) groups excluding carboxylic acids is 1. The smallest absolute Gasteiger partial charge is 0.319 e. The van der Waals surface area contributed by atoms with Gasteiger partial charge in [0.05, 0.1) is 5.60 Å². The highest BCUT2D eigenvalue weighted by atomic mass is 16.3. The Kier molecular flexibility index (Phi) is 5.01. The molecule has 0 radical (unpaired) electrons. The molecule has 0 saturated heterocycles. The van der Waals surface area contributed by atoms with Crippen LogP contribution in [0.5, 0.6) is 0 Å². The average molecular weight is 276 g/mol. The van der Waals surface area contributed by atoms with Gasteiger partial charge in [0.1, 0.15) is 0 Å². The first kappa shape index (κ1) is 14.9. The first-order valence-corrected chi connectivity index (χ1v) is 7.41. The van der Waals surface area contributed by atoms with Gasteiger partial charge in [-0.25, -0.2) is 4.79 Å². The van der Waals surface area contributed by atoms with Crippen molar-refractivity contribution in [1.29, 1.82) is 0 Å². The van der Waals surface area contributed by atoms with Gasteiger partial charge < -0.3 is 15.7 Å². The Bertz CT molecular complexity index is 434. The van der Waals surface area contributed by atoms with Crippen LogP contribution in [-0.4, -0.2) is 23.3 Å². The van der Waals surface area contributed by atoms with E-state index in [9.17, 15) is 9.90 Å². The molecule has 1 aliphatic rings. The van der Waals surface area contributed by atoms with E-state index in [4.69, 9.17) is 0 Å². The maximum absolute atomic E-state index is 11.8. The molecule has 20 heavy (non-hydrogen) atoms. The van der Waals surface area contributed by atoms with Gasteiger partial charge in [-0.2, -0.15) is 0 Å². The number of hydrogen-bond donors (Lipinski definition) is 3. The van der Waals surface area contributed by atoms with Crippen molar-refractivity contribution in [2.45, 2.75) is 51.0 Å². The number of hydrogen-bond acceptors (Lipinski definition) is 2. The lowest BCUT2D eigenvalue weighted by Crippen LogP contribution is -2.44. The van der Waals surface area contributed by atoms with Crippen molar-refractivity contribution in [2.24, 2.45) is 0 Å². The molecule has 0 spiro atoms. The fourth-order valence-electron chi connectivity index (χ4n) is 2.62. The summed E-state index contributed by atoms with van der Waals surface area (Å²) in [5.41, 5.74) is 1.19. The molecular formula is C16H24N2O2. The minimum Gasteiger partial charge on any atom is -0.388 e. The number of urea groups is 1. The Hall–Kier alpha value is -1.55. The molecule has 1 aliphatic carbocycles. The van der Waals surface area contributed by atoms with E-state index in [0.717, 1.165) is 36.9 Å². The molecule has 0 aromatic heterocycles. The van der Waals surface area contributed by atoms with E-state index in [2.05, 4.69) is 10.6 Å². The molecule has 0 bridgehead atoms. The van der Waals surface area contributed by atoms with E-state index in [0.29, 0.717) is 6.54 Å². The van der Waals surface area contributed by atoms with Crippen molar-refractivity contribution >= 4 is 11.7 Å². The Morgan fingerprint density at radius 1 is 1.15 bits per heavy atom. The summed E-state index contributed by atoms with van der Waals surface area (Å²) in [6.45, 7) is 2.33. The van der Waals surface area contributed by atoms with Gasteiger partial charge in [0.2, 0.25) is 0 Å². The van der Waals surface area contributed by atoms with E-state index in [1.807, 2.05) is 31.2 Å².